The molecule has 96 valence electrons. The number of benzene rings is 2. The second-order valence-electron chi connectivity index (χ2n) is 4.01. The number of aryl methyl sites for hydroxylation is 1. The third-order valence-corrected chi connectivity index (χ3v) is 3.83. The molecule has 0 heterocycles. The molecule has 0 unspecified atom stereocenters. The SMILES string of the molecule is Cc1cc(Cl)c(Nc2ccc(Br)cc2C#N)cc1Cl. The lowest BCUT2D eigenvalue weighted by Crippen LogP contribution is -1.95. The molecule has 0 saturated heterocycles. The molecule has 2 aromatic carbocycles. The van der Waals surface area contributed by atoms with Crippen LogP contribution in [0.4, 0.5) is 11.4 Å². The lowest BCUT2D eigenvalue weighted by atomic mass is 10.1. The fraction of sp³-hybridized carbons (Fsp3) is 0.0714. The highest BCUT2D eigenvalue weighted by atomic mass is 79.9. The average molecular weight is 356 g/mol. The summed E-state index contributed by atoms with van der Waals surface area (Å²) in [4.78, 5) is 0. The van der Waals surface area contributed by atoms with Gasteiger partial charge in [-0.05, 0) is 42.8 Å². The monoisotopic (exact) mass is 354 g/mol. The molecule has 0 spiro atoms. The van der Waals surface area contributed by atoms with Gasteiger partial charge in [-0.2, -0.15) is 5.26 Å². The molecule has 5 heteroatoms. The molecule has 0 aromatic heterocycles. The van der Waals surface area contributed by atoms with Gasteiger partial charge in [0.05, 0.1) is 22.0 Å². The van der Waals surface area contributed by atoms with Crippen molar-refractivity contribution in [2.75, 3.05) is 5.32 Å². The summed E-state index contributed by atoms with van der Waals surface area (Å²) in [5.74, 6) is 0. The second-order valence-corrected chi connectivity index (χ2v) is 5.74. The van der Waals surface area contributed by atoms with Crippen molar-refractivity contribution in [2.24, 2.45) is 0 Å². The molecule has 0 bridgehead atoms. The standard InChI is InChI=1S/C14H9BrCl2N2/c1-8-4-12(17)14(6-11(8)16)19-13-3-2-10(15)5-9(13)7-18/h2-6,19H,1H3. The molecule has 1 N–H and O–H groups in total. The lowest BCUT2D eigenvalue weighted by Gasteiger charge is -2.11. The van der Waals surface area contributed by atoms with Crippen molar-refractivity contribution in [3.05, 3.63) is 56.0 Å². The lowest BCUT2D eigenvalue weighted by molar-refractivity contribution is 1.43. The molecule has 2 nitrogen and oxygen atoms in total. The number of nitriles is 1. The summed E-state index contributed by atoms with van der Waals surface area (Å²) in [7, 11) is 0. The Hall–Kier alpha value is -1.21. The van der Waals surface area contributed by atoms with Crippen LogP contribution in [-0.4, -0.2) is 0 Å². The van der Waals surface area contributed by atoms with Crippen molar-refractivity contribution >= 4 is 50.5 Å². The minimum absolute atomic E-state index is 0.530. The van der Waals surface area contributed by atoms with Gasteiger partial charge in [0.1, 0.15) is 6.07 Å². The highest BCUT2D eigenvalue weighted by Crippen LogP contribution is 2.32. The molecule has 0 atom stereocenters. The summed E-state index contributed by atoms with van der Waals surface area (Å²) < 4.78 is 0.850. The number of halogens is 3. The Kier molecular flexibility index (Phi) is 4.36. The quantitative estimate of drug-likeness (QED) is 0.752. The van der Waals surface area contributed by atoms with E-state index in [0.717, 1.165) is 10.0 Å². The molecule has 0 fully saturated rings. The normalized spacial score (nSPS) is 10.1. The van der Waals surface area contributed by atoms with Crippen LogP contribution in [0.1, 0.15) is 11.1 Å². The number of anilines is 2. The van der Waals surface area contributed by atoms with E-state index in [1.54, 1.807) is 18.2 Å². The molecule has 0 aliphatic carbocycles. The van der Waals surface area contributed by atoms with E-state index in [1.807, 2.05) is 19.1 Å². The number of hydrogen-bond donors (Lipinski definition) is 1. The van der Waals surface area contributed by atoms with Gasteiger partial charge in [0, 0.05) is 9.50 Å². The Bertz CT molecular complexity index is 678. The van der Waals surface area contributed by atoms with Crippen LogP contribution in [0.3, 0.4) is 0 Å². The zero-order chi connectivity index (χ0) is 14.0. The van der Waals surface area contributed by atoms with Crippen LogP contribution in [0, 0.1) is 18.3 Å². The van der Waals surface area contributed by atoms with E-state index in [0.29, 0.717) is 27.0 Å². The molecular weight excluding hydrogens is 347 g/mol. The number of rotatable bonds is 2. The summed E-state index contributed by atoms with van der Waals surface area (Å²) in [6.45, 7) is 1.89. The first kappa shape index (κ1) is 14.2. The van der Waals surface area contributed by atoms with E-state index in [4.69, 9.17) is 28.5 Å². The maximum Gasteiger partial charge on any atom is 0.101 e. The van der Waals surface area contributed by atoms with Crippen LogP contribution < -0.4 is 5.32 Å². The van der Waals surface area contributed by atoms with Crippen LogP contribution in [0.15, 0.2) is 34.8 Å². The molecule has 19 heavy (non-hydrogen) atoms. The van der Waals surface area contributed by atoms with Gasteiger partial charge in [0.15, 0.2) is 0 Å². The summed E-state index contributed by atoms with van der Waals surface area (Å²) in [6, 6.07) is 11.1. The van der Waals surface area contributed by atoms with Gasteiger partial charge in [-0.15, -0.1) is 0 Å². The van der Waals surface area contributed by atoms with E-state index in [2.05, 4.69) is 27.3 Å². The van der Waals surface area contributed by atoms with Crippen molar-refractivity contribution in [3.8, 4) is 6.07 Å². The molecule has 2 rings (SSSR count). The van der Waals surface area contributed by atoms with Gasteiger partial charge >= 0.3 is 0 Å². The molecule has 2 aromatic rings. The van der Waals surface area contributed by atoms with E-state index in [-0.39, 0.29) is 0 Å². The maximum atomic E-state index is 9.12. The Morgan fingerprint density at radius 3 is 2.53 bits per heavy atom. The summed E-state index contributed by atoms with van der Waals surface area (Å²) >= 11 is 15.6. The zero-order valence-electron chi connectivity index (χ0n) is 9.97. The van der Waals surface area contributed by atoms with E-state index >= 15 is 0 Å². The number of hydrogen-bond acceptors (Lipinski definition) is 2. The van der Waals surface area contributed by atoms with Crippen molar-refractivity contribution in [1.29, 1.82) is 5.26 Å². The fourth-order valence-electron chi connectivity index (χ4n) is 1.61. The van der Waals surface area contributed by atoms with E-state index < -0.39 is 0 Å². The maximum absolute atomic E-state index is 9.12. The fourth-order valence-corrected chi connectivity index (χ4v) is 2.40. The van der Waals surface area contributed by atoms with Crippen molar-refractivity contribution in [2.45, 2.75) is 6.92 Å². The molecule has 0 saturated carbocycles. The van der Waals surface area contributed by atoms with Gasteiger partial charge < -0.3 is 5.32 Å². The molecule has 0 aliphatic rings. The van der Waals surface area contributed by atoms with Crippen molar-refractivity contribution in [1.82, 2.24) is 0 Å². The van der Waals surface area contributed by atoms with Crippen LogP contribution in [0.5, 0.6) is 0 Å². The molecule has 0 radical (unpaired) electrons. The van der Waals surface area contributed by atoms with Crippen LogP contribution in [0.2, 0.25) is 10.0 Å². The van der Waals surface area contributed by atoms with E-state index in [1.165, 1.54) is 0 Å². The molecule has 0 aliphatic heterocycles. The Morgan fingerprint density at radius 1 is 1.11 bits per heavy atom. The third kappa shape index (κ3) is 3.22. The average Bonchev–Trinajstić information content (AvgIpc) is 2.37. The minimum Gasteiger partial charge on any atom is -0.353 e. The second kappa shape index (κ2) is 5.83. The highest BCUT2D eigenvalue weighted by Gasteiger charge is 2.08. The summed E-state index contributed by atoms with van der Waals surface area (Å²) in [5, 5.41) is 13.4. The van der Waals surface area contributed by atoms with Crippen LogP contribution in [-0.2, 0) is 0 Å². The smallest absolute Gasteiger partial charge is 0.101 e. The van der Waals surface area contributed by atoms with Crippen LogP contribution in [0.25, 0.3) is 0 Å². The Labute approximate surface area is 130 Å². The van der Waals surface area contributed by atoms with Gasteiger partial charge in [0.2, 0.25) is 0 Å². The van der Waals surface area contributed by atoms with Crippen LogP contribution >= 0.6 is 39.1 Å². The third-order valence-electron chi connectivity index (χ3n) is 2.62. The van der Waals surface area contributed by atoms with Gasteiger partial charge in [-0.1, -0.05) is 39.1 Å². The van der Waals surface area contributed by atoms with Gasteiger partial charge in [-0.3, -0.25) is 0 Å². The highest BCUT2D eigenvalue weighted by molar-refractivity contribution is 9.10. The Balaban J connectivity index is 2.42. The van der Waals surface area contributed by atoms with Gasteiger partial charge in [-0.25, -0.2) is 0 Å². The zero-order valence-corrected chi connectivity index (χ0v) is 13.1. The first-order chi connectivity index (χ1) is 9.01. The first-order valence-corrected chi connectivity index (χ1v) is 6.98. The van der Waals surface area contributed by atoms with E-state index in [9.17, 15) is 0 Å². The van der Waals surface area contributed by atoms with Crippen molar-refractivity contribution < 1.29 is 0 Å². The topological polar surface area (TPSA) is 35.8 Å². The number of nitrogens with one attached hydrogen (secondary N) is 1. The van der Waals surface area contributed by atoms with Crippen molar-refractivity contribution in [3.63, 3.8) is 0 Å². The summed E-state index contributed by atoms with van der Waals surface area (Å²) in [5.41, 5.74) is 2.80. The molecule has 0 amide bonds. The first-order valence-electron chi connectivity index (χ1n) is 5.43. The summed E-state index contributed by atoms with van der Waals surface area (Å²) in [6.07, 6.45) is 0. The predicted molar refractivity (Wildman–Crippen MR) is 83.3 cm³/mol. The molecular formula is C14H9BrCl2N2. The minimum atomic E-state index is 0.530. The largest absolute Gasteiger partial charge is 0.353 e. The van der Waals surface area contributed by atoms with Gasteiger partial charge in [0.25, 0.3) is 0 Å². The number of nitrogens with zero attached hydrogens (tertiary/aromatic N) is 1. The predicted octanol–water partition coefficient (Wildman–Crippen LogP) is 5.68. The Morgan fingerprint density at radius 2 is 1.84 bits per heavy atom.